The highest BCUT2D eigenvalue weighted by atomic mass is 35.5. The summed E-state index contributed by atoms with van der Waals surface area (Å²) in [5.74, 6) is 4.98. The Bertz CT molecular complexity index is 695. The molecule has 0 bridgehead atoms. The van der Waals surface area contributed by atoms with E-state index in [1.165, 1.54) is 12.3 Å². The van der Waals surface area contributed by atoms with Crippen molar-refractivity contribution < 1.29 is 14.3 Å². The molecule has 0 saturated carbocycles. The van der Waals surface area contributed by atoms with Crippen molar-refractivity contribution in [3.8, 4) is 11.8 Å². The van der Waals surface area contributed by atoms with Crippen molar-refractivity contribution in [1.82, 2.24) is 0 Å². The molecule has 2 aromatic rings. The van der Waals surface area contributed by atoms with Crippen molar-refractivity contribution in [2.75, 3.05) is 11.9 Å². The lowest BCUT2D eigenvalue weighted by Crippen LogP contribution is -2.12. The van der Waals surface area contributed by atoms with Crippen molar-refractivity contribution in [3.05, 3.63) is 52.4 Å². The second-order valence-corrected chi connectivity index (χ2v) is 4.41. The third-order valence-corrected chi connectivity index (χ3v) is 2.88. The lowest BCUT2D eigenvalue weighted by Gasteiger charge is -2.07. The standard InChI is InChI=1S/C15H12ClNO3/c1-10-4-5-13(11(9-10)3-2-7-18)17-15(19)12-6-8-20-14(12)16/h4-6,8-9,18H,7H2,1H3,(H,17,19). The number of aryl methyl sites for hydroxylation is 1. The van der Waals surface area contributed by atoms with Gasteiger partial charge in [0, 0.05) is 5.56 Å². The third-order valence-electron chi connectivity index (χ3n) is 2.59. The number of aliphatic hydroxyl groups excluding tert-OH is 1. The number of halogens is 1. The molecule has 1 aromatic heterocycles. The van der Waals surface area contributed by atoms with Crippen molar-refractivity contribution in [3.63, 3.8) is 0 Å². The molecular formula is C15H12ClNO3. The van der Waals surface area contributed by atoms with E-state index in [-0.39, 0.29) is 23.3 Å². The van der Waals surface area contributed by atoms with Crippen LogP contribution in [0.5, 0.6) is 0 Å². The Labute approximate surface area is 121 Å². The minimum atomic E-state index is -0.375. The Hall–Kier alpha value is -2.22. The lowest BCUT2D eigenvalue weighted by atomic mass is 10.1. The van der Waals surface area contributed by atoms with Gasteiger partial charge in [0.05, 0.1) is 17.5 Å². The highest BCUT2D eigenvalue weighted by molar-refractivity contribution is 6.32. The highest BCUT2D eigenvalue weighted by Gasteiger charge is 2.14. The molecule has 0 atom stereocenters. The van der Waals surface area contributed by atoms with Crippen molar-refractivity contribution >= 4 is 23.2 Å². The first-order valence-corrected chi connectivity index (χ1v) is 6.24. The Morgan fingerprint density at radius 2 is 2.25 bits per heavy atom. The first-order valence-electron chi connectivity index (χ1n) is 5.86. The maximum absolute atomic E-state index is 12.1. The van der Waals surface area contributed by atoms with Gasteiger partial charge in [-0.3, -0.25) is 4.79 Å². The van der Waals surface area contributed by atoms with Gasteiger partial charge in [-0.2, -0.15) is 0 Å². The number of furan rings is 1. The molecule has 1 aromatic carbocycles. The Morgan fingerprint density at radius 3 is 2.90 bits per heavy atom. The fourth-order valence-corrected chi connectivity index (χ4v) is 1.85. The molecule has 2 N–H and O–H groups in total. The molecule has 0 aliphatic carbocycles. The van der Waals surface area contributed by atoms with E-state index in [1.54, 1.807) is 6.07 Å². The van der Waals surface area contributed by atoms with Gasteiger partial charge < -0.3 is 14.8 Å². The second kappa shape index (κ2) is 6.29. The number of carbonyl (C=O) groups is 1. The van der Waals surface area contributed by atoms with Gasteiger partial charge >= 0.3 is 0 Å². The van der Waals surface area contributed by atoms with Crippen molar-refractivity contribution in [2.45, 2.75) is 6.92 Å². The number of anilines is 1. The SMILES string of the molecule is Cc1ccc(NC(=O)c2ccoc2Cl)c(C#CCO)c1. The van der Waals surface area contributed by atoms with Gasteiger partial charge in [0.2, 0.25) is 5.22 Å². The van der Waals surface area contributed by atoms with Crippen LogP contribution in [0, 0.1) is 18.8 Å². The number of aliphatic hydroxyl groups is 1. The summed E-state index contributed by atoms with van der Waals surface area (Å²) in [6, 6.07) is 6.93. The van der Waals surface area contributed by atoms with Gasteiger partial charge in [0.15, 0.2) is 0 Å². The lowest BCUT2D eigenvalue weighted by molar-refractivity contribution is 0.102. The normalized spacial score (nSPS) is 9.75. The van der Waals surface area contributed by atoms with Crippen LogP contribution in [0.1, 0.15) is 21.5 Å². The number of rotatable bonds is 2. The summed E-state index contributed by atoms with van der Waals surface area (Å²) >= 11 is 5.76. The summed E-state index contributed by atoms with van der Waals surface area (Å²) in [6.07, 6.45) is 1.35. The number of nitrogens with one attached hydrogen (secondary N) is 1. The molecule has 4 nitrogen and oxygen atoms in total. The number of benzene rings is 1. The molecule has 20 heavy (non-hydrogen) atoms. The number of amides is 1. The van der Waals surface area contributed by atoms with Crippen molar-refractivity contribution in [2.24, 2.45) is 0 Å². The summed E-state index contributed by atoms with van der Waals surface area (Å²) in [5.41, 5.74) is 2.45. The van der Waals surface area contributed by atoms with E-state index in [1.807, 2.05) is 19.1 Å². The smallest absolute Gasteiger partial charge is 0.260 e. The van der Waals surface area contributed by atoms with Gasteiger partial charge in [-0.05, 0) is 42.3 Å². The average molecular weight is 290 g/mol. The van der Waals surface area contributed by atoms with E-state index in [4.69, 9.17) is 21.1 Å². The summed E-state index contributed by atoms with van der Waals surface area (Å²) in [7, 11) is 0. The van der Waals surface area contributed by atoms with Crippen LogP contribution >= 0.6 is 11.6 Å². The molecule has 0 radical (unpaired) electrons. The fraction of sp³-hybridized carbons (Fsp3) is 0.133. The molecule has 0 aliphatic heterocycles. The molecule has 0 aliphatic rings. The molecule has 0 spiro atoms. The predicted molar refractivity (Wildman–Crippen MR) is 76.8 cm³/mol. The maximum Gasteiger partial charge on any atom is 0.260 e. The molecule has 102 valence electrons. The van der Waals surface area contributed by atoms with E-state index < -0.39 is 0 Å². The zero-order valence-corrected chi connectivity index (χ0v) is 11.5. The molecule has 0 fully saturated rings. The fourth-order valence-electron chi connectivity index (χ4n) is 1.65. The largest absolute Gasteiger partial charge is 0.452 e. The van der Waals surface area contributed by atoms with Crippen LogP contribution in [-0.2, 0) is 0 Å². The van der Waals surface area contributed by atoms with Gasteiger partial charge in [-0.25, -0.2) is 0 Å². The number of hydrogen-bond acceptors (Lipinski definition) is 3. The number of hydrogen-bond donors (Lipinski definition) is 2. The Kier molecular flexibility index (Phi) is 4.46. The van der Waals surface area contributed by atoms with Crippen LogP contribution in [0.15, 0.2) is 34.9 Å². The van der Waals surface area contributed by atoms with Crippen molar-refractivity contribution in [1.29, 1.82) is 0 Å². The zero-order chi connectivity index (χ0) is 14.5. The molecule has 5 heteroatoms. The summed E-state index contributed by atoms with van der Waals surface area (Å²) in [6.45, 7) is 1.68. The molecule has 0 unspecified atom stereocenters. The van der Waals surface area contributed by atoms with Crippen LogP contribution in [0.25, 0.3) is 0 Å². The van der Waals surface area contributed by atoms with Crippen LogP contribution in [0.3, 0.4) is 0 Å². The van der Waals surface area contributed by atoms with Crippen LogP contribution in [-0.4, -0.2) is 17.6 Å². The summed E-state index contributed by atoms with van der Waals surface area (Å²) < 4.78 is 4.88. The van der Waals surface area contributed by atoms with Gasteiger partial charge in [0.1, 0.15) is 6.61 Å². The first-order chi connectivity index (χ1) is 9.61. The zero-order valence-electron chi connectivity index (χ0n) is 10.7. The van der Waals surface area contributed by atoms with Gasteiger partial charge in [-0.1, -0.05) is 17.9 Å². The maximum atomic E-state index is 12.1. The van der Waals surface area contributed by atoms with Crippen LogP contribution < -0.4 is 5.32 Å². The first kappa shape index (κ1) is 14.2. The van der Waals surface area contributed by atoms with Crippen LogP contribution in [0.4, 0.5) is 5.69 Å². The van der Waals surface area contributed by atoms with E-state index in [2.05, 4.69) is 17.2 Å². The number of carbonyl (C=O) groups excluding carboxylic acids is 1. The topological polar surface area (TPSA) is 62.5 Å². The monoisotopic (exact) mass is 289 g/mol. The minimum absolute atomic E-state index is 0.0394. The third kappa shape index (κ3) is 3.21. The second-order valence-electron chi connectivity index (χ2n) is 4.07. The van der Waals surface area contributed by atoms with Gasteiger partial charge in [-0.15, -0.1) is 0 Å². The molecule has 0 saturated heterocycles. The highest BCUT2D eigenvalue weighted by Crippen LogP contribution is 2.21. The molecule has 2 rings (SSSR count). The molecule has 1 heterocycles. The van der Waals surface area contributed by atoms with E-state index in [9.17, 15) is 4.79 Å². The summed E-state index contributed by atoms with van der Waals surface area (Å²) in [5, 5.41) is 11.5. The van der Waals surface area contributed by atoms with Crippen LogP contribution in [0.2, 0.25) is 5.22 Å². The Balaban J connectivity index is 2.29. The molecular weight excluding hydrogens is 278 g/mol. The molecule has 1 amide bonds. The average Bonchev–Trinajstić information content (AvgIpc) is 2.85. The quantitative estimate of drug-likeness (QED) is 0.836. The van der Waals surface area contributed by atoms with E-state index >= 15 is 0 Å². The Morgan fingerprint density at radius 1 is 1.45 bits per heavy atom. The van der Waals surface area contributed by atoms with E-state index in [0.29, 0.717) is 11.3 Å². The predicted octanol–water partition coefficient (Wildman–Crippen LogP) is 2.84. The minimum Gasteiger partial charge on any atom is -0.452 e. The van der Waals surface area contributed by atoms with Gasteiger partial charge in [0.25, 0.3) is 5.91 Å². The van der Waals surface area contributed by atoms with E-state index in [0.717, 1.165) is 5.56 Å². The summed E-state index contributed by atoms with van der Waals surface area (Å²) in [4.78, 5) is 12.1.